The summed E-state index contributed by atoms with van der Waals surface area (Å²) in [7, 11) is 1.59. The molecule has 0 aliphatic carbocycles. The van der Waals surface area contributed by atoms with Crippen molar-refractivity contribution in [2.24, 2.45) is 0 Å². The van der Waals surface area contributed by atoms with E-state index in [0.717, 1.165) is 18.7 Å². The predicted octanol–water partition coefficient (Wildman–Crippen LogP) is 2.23. The number of carbonyl (C=O) groups excluding carboxylic acids is 2. The smallest absolute Gasteiger partial charge is 0.224 e. The van der Waals surface area contributed by atoms with E-state index in [4.69, 9.17) is 16.3 Å². The topological polar surface area (TPSA) is 61.9 Å². The Hall–Kier alpha value is -1.95. The Morgan fingerprint density at radius 2 is 1.92 bits per heavy atom. The number of ether oxygens (including phenoxy) is 1. The van der Waals surface area contributed by atoms with Crippen molar-refractivity contribution in [2.45, 2.75) is 19.8 Å². The second-order valence-corrected chi connectivity index (χ2v) is 6.20. The van der Waals surface area contributed by atoms with Gasteiger partial charge in [-0.1, -0.05) is 11.6 Å². The first-order valence-electron chi connectivity index (χ1n) is 8.12. The lowest BCUT2D eigenvalue weighted by Crippen LogP contribution is -2.37. The van der Waals surface area contributed by atoms with Gasteiger partial charge in [0.15, 0.2) is 0 Å². The summed E-state index contributed by atoms with van der Waals surface area (Å²) < 4.78 is 5.27. The summed E-state index contributed by atoms with van der Waals surface area (Å²) >= 11 is 5.99. The zero-order chi connectivity index (χ0) is 17.5. The number of benzene rings is 1. The summed E-state index contributed by atoms with van der Waals surface area (Å²) in [4.78, 5) is 27.4. The molecule has 1 aromatic carbocycles. The summed E-state index contributed by atoms with van der Waals surface area (Å²) in [5.41, 5.74) is 0.774. The van der Waals surface area contributed by atoms with Gasteiger partial charge in [0.2, 0.25) is 11.8 Å². The second-order valence-electron chi connectivity index (χ2n) is 5.76. The minimum atomic E-state index is 0.0685. The molecule has 0 saturated carbocycles. The highest BCUT2D eigenvalue weighted by Crippen LogP contribution is 2.27. The maximum absolute atomic E-state index is 12.4. The number of methoxy groups -OCH3 is 1. The molecule has 0 radical (unpaired) electrons. The van der Waals surface area contributed by atoms with Crippen molar-refractivity contribution in [2.75, 3.05) is 45.2 Å². The first-order valence-corrected chi connectivity index (χ1v) is 8.49. The van der Waals surface area contributed by atoms with Gasteiger partial charge in [0.05, 0.1) is 12.8 Å². The van der Waals surface area contributed by atoms with Crippen LogP contribution in [0.15, 0.2) is 18.2 Å². The van der Waals surface area contributed by atoms with Crippen LogP contribution < -0.4 is 10.1 Å². The fourth-order valence-corrected chi connectivity index (χ4v) is 2.93. The highest BCUT2D eigenvalue weighted by molar-refractivity contribution is 6.30. The van der Waals surface area contributed by atoms with Gasteiger partial charge < -0.3 is 19.9 Å². The summed E-state index contributed by atoms with van der Waals surface area (Å²) in [6.07, 6.45) is 1.20. The largest absolute Gasteiger partial charge is 0.495 e. The summed E-state index contributed by atoms with van der Waals surface area (Å²) in [5.74, 6) is 0.853. The quantitative estimate of drug-likeness (QED) is 0.881. The van der Waals surface area contributed by atoms with Gasteiger partial charge in [-0.15, -0.1) is 0 Å². The lowest BCUT2D eigenvalue weighted by atomic mass is 10.2. The molecule has 132 valence electrons. The zero-order valence-corrected chi connectivity index (χ0v) is 14.9. The van der Waals surface area contributed by atoms with E-state index in [1.165, 1.54) is 0 Å². The van der Waals surface area contributed by atoms with Gasteiger partial charge in [-0.25, -0.2) is 0 Å². The molecule has 7 heteroatoms. The molecule has 0 unspecified atom stereocenters. The maximum atomic E-state index is 12.4. The van der Waals surface area contributed by atoms with Crippen molar-refractivity contribution in [3.05, 3.63) is 23.2 Å². The van der Waals surface area contributed by atoms with E-state index >= 15 is 0 Å². The number of hydrogen-bond donors (Lipinski definition) is 1. The number of rotatable bonds is 5. The van der Waals surface area contributed by atoms with Gasteiger partial charge in [-0.3, -0.25) is 9.59 Å². The Bertz CT molecular complexity index is 594. The van der Waals surface area contributed by atoms with Gasteiger partial charge in [0.1, 0.15) is 5.75 Å². The van der Waals surface area contributed by atoms with Crippen LogP contribution in [0, 0.1) is 0 Å². The van der Waals surface area contributed by atoms with Crippen molar-refractivity contribution < 1.29 is 14.3 Å². The third kappa shape index (κ3) is 5.03. The average Bonchev–Trinajstić information content (AvgIpc) is 2.81. The van der Waals surface area contributed by atoms with E-state index in [2.05, 4.69) is 5.32 Å². The van der Waals surface area contributed by atoms with Crippen LogP contribution in [-0.2, 0) is 9.59 Å². The molecule has 1 aliphatic rings. The van der Waals surface area contributed by atoms with Crippen LogP contribution >= 0.6 is 11.6 Å². The van der Waals surface area contributed by atoms with Crippen LogP contribution in [0.3, 0.4) is 0 Å². The fourth-order valence-electron chi connectivity index (χ4n) is 2.76. The Morgan fingerprint density at radius 3 is 2.62 bits per heavy atom. The molecule has 24 heavy (non-hydrogen) atoms. The molecular weight excluding hydrogens is 330 g/mol. The number of nitrogens with one attached hydrogen (secondary N) is 1. The third-order valence-electron chi connectivity index (χ3n) is 4.11. The number of carbonyl (C=O) groups is 2. The first-order chi connectivity index (χ1) is 11.5. The number of halogens is 1. The van der Waals surface area contributed by atoms with Gasteiger partial charge >= 0.3 is 0 Å². The van der Waals surface area contributed by atoms with E-state index in [9.17, 15) is 9.59 Å². The molecule has 1 heterocycles. The van der Waals surface area contributed by atoms with Gasteiger partial charge in [-0.05, 0) is 24.6 Å². The molecule has 1 aromatic rings. The lowest BCUT2D eigenvalue weighted by Gasteiger charge is -2.21. The third-order valence-corrected chi connectivity index (χ3v) is 4.34. The highest BCUT2D eigenvalue weighted by Gasteiger charge is 2.19. The minimum absolute atomic E-state index is 0.0685. The highest BCUT2D eigenvalue weighted by atomic mass is 35.5. The molecular formula is C17H24ClN3O3. The average molecular weight is 354 g/mol. The molecule has 0 atom stereocenters. The van der Waals surface area contributed by atoms with Crippen LogP contribution in [-0.4, -0.2) is 61.4 Å². The molecule has 2 amide bonds. The molecule has 0 bridgehead atoms. The minimum Gasteiger partial charge on any atom is -0.495 e. The molecule has 0 spiro atoms. The molecule has 2 rings (SSSR count). The van der Waals surface area contributed by atoms with Gasteiger partial charge in [-0.2, -0.15) is 0 Å². The van der Waals surface area contributed by atoms with Crippen LogP contribution in [0.1, 0.15) is 19.8 Å². The molecule has 1 N–H and O–H groups in total. The number of nitrogens with zero attached hydrogens (tertiary/aromatic N) is 2. The van der Waals surface area contributed by atoms with Crippen LogP contribution in [0.4, 0.5) is 5.69 Å². The fraction of sp³-hybridized carbons (Fsp3) is 0.529. The number of amides is 2. The summed E-state index contributed by atoms with van der Waals surface area (Å²) in [5, 5.41) is 3.81. The van der Waals surface area contributed by atoms with E-state index in [1.54, 1.807) is 37.1 Å². The van der Waals surface area contributed by atoms with Crippen molar-refractivity contribution in [1.29, 1.82) is 0 Å². The maximum Gasteiger partial charge on any atom is 0.224 e. The van der Waals surface area contributed by atoms with Crippen molar-refractivity contribution in [3.63, 3.8) is 0 Å². The number of anilines is 1. The first kappa shape index (κ1) is 18.4. The molecule has 1 saturated heterocycles. The number of hydrogen-bond acceptors (Lipinski definition) is 4. The van der Waals surface area contributed by atoms with Gasteiger partial charge in [0.25, 0.3) is 0 Å². The van der Waals surface area contributed by atoms with Crippen molar-refractivity contribution in [1.82, 2.24) is 9.80 Å². The van der Waals surface area contributed by atoms with Crippen molar-refractivity contribution in [3.8, 4) is 5.75 Å². The lowest BCUT2D eigenvalue weighted by molar-refractivity contribution is -0.132. The van der Waals surface area contributed by atoms with Crippen LogP contribution in [0.2, 0.25) is 5.02 Å². The van der Waals surface area contributed by atoms with E-state index < -0.39 is 0 Å². The molecule has 6 nitrogen and oxygen atoms in total. The Kier molecular flexibility index (Phi) is 6.73. The van der Waals surface area contributed by atoms with E-state index in [0.29, 0.717) is 43.4 Å². The Balaban J connectivity index is 1.83. The summed E-state index contributed by atoms with van der Waals surface area (Å²) in [6, 6.07) is 5.33. The molecule has 1 fully saturated rings. The summed E-state index contributed by atoms with van der Waals surface area (Å²) in [6.45, 7) is 4.69. The second kappa shape index (κ2) is 8.78. The Labute approximate surface area is 147 Å². The van der Waals surface area contributed by atoms with Crippen LogP contribution in [0.5, 0.6) is 5.75 Å². The monoisotopic (exact) mass is 353 g/mol. The van der Waals surface area contributed by atoms with E-state index in [-0.39, 0.29) is 11.8 Å². The molecule has 1 aliphatic heterocycles. The Morgan fingerprint density at radius 1 is 1.21 bits per heavy atom. The van der Waals surface area contributed by atoms with Crippen LogP contribution in [0.25, 0.3) is 0 Å². The van der Waals surface area contributed by atoms with Crippen molar-refractivity contribution >= 4 is 29.1 Å². The SMILES string of the molecule is COc1ccc(Cl)cc1NCCC(=O)N1CCCN(C(C)=O)CC1. The zero-order valence-electron chi connectivity index (χ0n) is 14.2. The standard InChI is InChI=1S/C17H24ClN3O3/c1-13(22)20-8-3-9-21(11-10-20)17(23)6-7-19-15-12-14(18)4-5-16(15)24-2/h4-5,12,19H,3,6-11H2,1-2H3. The normalized spacial score (nSPS) is 15.0. The molecule has 0 aromatic heterocycles. The van der Waals surface area contributed by atoms with E-state index in [1.807, 2.05) is 4.90 Å². The predicted molar refractivity (Wildman–Crippen MR) is 94.6 cm³/mol. The van der Waals surface area contributed by atoms with Gasteiger partial charge in [0, 0.05) is 51.1 Å².